The quantitative estimate of drug-likeness (QED) is 0.806. The van der Waals surface area contributed by atoms with Gasteiger partial charge in [0.1, 0.15) is 0 Å². The molecular formula is C17H25N3S. The van der Waals surface area contributed by atoms with Crippen LogP contribution < -0.4 is 0 Å². The van der Waals surface area contributed by atoms with Crippen LogP contribution in [0.5, 0.6) is 0 Å². The molecule has 0 spiro atoms. The summed E-state index contributed by atoms with van der Waals surface area (Å²) in [5, 5.41) is 0. The Morgan fingerprint density at radius 3 is 2.76 bits per heavy atom. The average Bonchev–Trinajstić information content (AvgIpc) is 2.95. The summed E-state index contributed by atoms with van der Waals surface area (Å²) in [7, 11) is 0. The molecule has 1 saturated carbocycles. The number of aryl methyl sites for hydroxylation is 1. The maximum atomic E-state index is 5.56. The van der Waals surface area contributed by atoms with Gasteiger partial charge in [-0.05, 0) is 61.4 Å². The summed E-state index contributed by atoms with van der Waals surface area (Å²) in [6, 6.07) is 2.14. The molecule has 2 heterocycles. The van der Waals surface area contributed by atoms with Gasteiger partial charge in [-0.1, -0.05) is 26.7 Å². The zero-order chi connectivity index (χ0) is 15.0. The van der Waals surface area contributed by atoms with E-state index in [0.29, 0.717) is 5.41 Å². The molecule has 114 valence electrons. The molecule has 0 radical (unpaired) electrons. The first-order chi connectivity index (χ1) is 9.99. The summed E-state index contributed by atoms with van der Waals surface area (Å²) >= 11 is 5.56. The summed E-state index contributed by atoms with van der Waals surface area (Å²) in [5.74, 6) is 0.734. The van der Waals surface area contributed by atoms with Crippen molar-refractivity contribution in [2.75, 3.05) is 0 Å². The van der Waals surface area contributed by atoms with Crippen LogP contribution in [0.4, 0.5) is 0 Å². The van der Waals surface area contributed by atoms with Crippen molar-refractivity contribution in [1.82, 2.24) is 14.5 Å². The predicted molar refractivity (Wildman–Crippen MR) is 90.0 cm³/mol. The Kier molecular flexibility index (Phi) is 3.91. The molecule has 21 heavy (non-hydrogen) atoms. The number of aromatic amines is 1. The van der Waals surface area contributed by atoms with Gasteiger partial charge >= 0.3 is 0 Å². The van der Waals surface area contributed by atoms with E-state index in [1.54, 1.807) is 0 Å². The molecule has 0 saturated heterocycles. The van der Waals surface area contributed by atoms with Crippen molar-refractivity contribution >= 4 is 23.4 Å². The molecule has 3 rings (SSSR count). The molecule has 0 amide bonds. The molecule has 1 fully saturated rings. The molecule has 1 aliphatic rings. The first-order valence-electron chi connectivity index (χ1n) is 8.04. The van der Waals surface area contributed by atoms with Crippen molar-refractivity contribution in [3.8, 4) is 0 Å². The van der Waals surface area contributed by atoms with Crippen LogP contribution in [-0.2, 0) is 6.54 Å². The standard InChI is InChI=1S/C17H25N3S/c1-12(2)9-17(6-4-5-7-17)11-20-15-14(19-16(20)21)8-13(3)10-18-15/h8,10,12H,4-7,9,11H2,1-3H3,(H,19,21). The topological polar surface area (TPSA) is 33.6 Å². The summed E-state index contributed by atoms with van der Waals surface area (Å²) in [4.78, 5) is 7.95. The Balaban J connectivity index is 2.00. The van der Waals surface area contributed by atoms with Gasteiger partial charge in [0, 0.05) is 12.7 Å². The van der Waals surface area contributed by atoms with Crippen LogP contribution in [0.15, 0.2) is 12.3 Å². The molecule has 0 bridgehead atoms. The first-order valence-corrected chi connectivity index (χ1v) is 8.45. The van der Waals surface area contributed by atoms with Gasteiger partial charge in [0.2, 0.25) is 0 Å². The second kappa shape index (κ2) is 5.56. The fourth-order valence-electron chi connectivity index (χ4n) is 4.05. The third-order valence-electron chi connectivity index (χ3n) is 4.74. The number of rotatable bonds is 4. The van der Waals surface area contributed by atoms with Gasteiger partial charge in [-0.2, -0.15) is 0 Å². The van der Waals surface area contributed by atoms with Gasteiger partial charge in [0.15, 0.2) is 10.4 Å². The number of imidazole rings is 1. The summed E-state index contributed by atoms with van der Waals surface area (Å²) in [6.07, 6.45) is 8.58. The smallest absolute Gasteiger partial charge is 0.179 e. The van der Waals surface area contributed by atoms with E-state index in [0.717, 1.165) is 28.4 Å². The number of fused-ring (bicyclic) bond motifs is 1. The first kappa shape index (κ1) is 14.8. The average molecular weight is 303 g/mol. The van der Waals surface area contributed by atoms with E-state index in [1.165, 1.54) is 37.7 Å². The predicted octanol–water partition coefficient (Wildman–Crippen LogP) is 5.01. The summed E-state index contributed by atoms with van der Waals surface area (Å²) in [6.45, 7) is 7.74. The molecule has 3 nitrogen and oxygen atoms in total. The summed E-state index contributed by atoms with van der Waals surface area (Å²) < 4.78 is 3.05. The van der Waals surface area contributed by atoms with E-state index in [2.05, 4.69) is 41.4 Å². The Morgan fingerprint density at radius 2 is 2.10 bits per heavy atom. The molecule has 0 atom stereocenters. The minimum Gasteiger partial charge on any atom is -0.329 e. The lowest BCUT2D eigenvalue weighted by atomic mass is 9.78. The van der Waals surface area contributed by atoms with Gasteiger partial charge in [0.05, 0.1) is 5.52 Å². The number of nitrogens with one attached hydrogen (secondary N) is 1. The van der Waals surface area contributed by atoms with E-state index in [1.807, 2.05) is 6.20 Å². The number of H-pyrrole nitrogens is 1. The minimum atomic E-state index is 0.411. The van der Waals surface area contributed by atoms with E-state index in [-0.39, 0.29) is 0 Å². The van der Waals surface area contributed by atoms with E-state index in [9.17, 15) is 0 Å². The Bertz CT molecular complexity index is 690. The zero-order valence-corrected chi connectivity index (χ0v) is 14.1. The van der Waals surface area contributed by atoms with Crippen LogP contribution in [0.1, 0.15) is 51.5 Å². The van der Waals surface area contributed by atoms with Gasteiger partial charge in [-0.25, -0.2) is 4.98 Å². The Hall–Kier alpha value is -1.16. The van der Waals surface area contributed by atoms with Gasteiger partial charge in [-0.15, -0.1) is 0 Å². The molecular weight excluding hydrogens is 278 g/mol. The van der Waals surface area contributed by atoms with Crippen LogP contribution in [0.2, 0.25) is 0 Å². The van der Waals surface area contributed by atoms with Crippen molar-refractivity contribution < 1.29 is 0 Å². The lowest BCUT2D eigenvalue weighted by Crippen LogP contribution is -2.25. The van der Waals surface area contributed by atoms with Crippen molar-refractivity contribution in [2.45, 2.75) is 59.4 Å². The molecule has 2 aromatic rings. The van der Waals surface area contributed by atoms with Crippen LogP contribution in [0.3, 0.4) is 0 Å². The third-order valence-corrected chi connectivity index (χ3v) is 5.07. The monoisotopic (exact) mass is 303 g/mol. The Morgan fingerprint density at radius 1 is 1.38 bits per heavy atom. The van der Waals surface area contributed by atoms with E-state index >= 15 is 0 Å². The van der Waals surface area contributed by atoms with Crippen molar-refractivity contribution in [2.24, 2.45) is 11.3 Å². The number of aromatic nitrogens is 3. The van der Waals surface area contributed by atoms with E-state index < -0.39 is 0 Å². The van der Waals surface area contributed by atoms with Gasteiger partial charge in [0.25, 0.3) is 0 Å². The molecule has 0 aromatic carbocycles. The highest BCUT2D eigenvalue weighted by Crippen LogP contribution is 2.44. The number of hydrogen-bond acceptors (Lipinski definition) is 2. The van der Waals surface area contributed by atoms with E-state index in [4.69, 9.17) is 12.2 Å². The maximum absolute atomic E-state index is 5.56. The van der Waals surface area contributed by atoms with Crippen LogP contribution in [-0.4, -0.2) is 14.5 Å². The molecule has 0 aliphatic heterocycles. The second-order valence-electron chi connectivity index (χ2n) is 7.21. The highest BCUT2D eigenvalue weighted by atomic mass is 32.1. The fourth-order valence-corrected chi connectivity index (χ4v) is 4.31. The van der Waals surface area contributed by atoms with Crippen molar-refractivity contribution in [3.63, 3.8) is 0 Å². The molecule has 1 aliphatic carbocycles. The van der Waals surface area contributed by atoms with Crippen LogP contribution in [0, 0.1) is 23.0 Å². The zero-order valence-electron chi connectivity index (χ0n) is 13.3. The molecule has 1 N–H and O–H groups in total. The lowest BCUT2D eigenvalue weighted by molar-refractivity contribution is 0.198. The number of nitrogens with zero attached hydrogens (tertiary/aromatic N) is 2. The highest BCUT2D eigenvalue weighted by molar-refractivity contribution is 7.71. The van der Waals surface area contributed by atoms with Gasteiger partial charge < -0.3 is 9.55 Å². The molecule has 4 heteroatoms. The van der Waals surface area contributed by atoms with Crippen molar-refractivity contribution in [1.29, 1.82) is 0 Å². The number of pyridine rings is 1. The lowest BCUT2D eigenvalue weighted by Gasteiger charge is -2.31. The van der Waals surface area contributed by atoms with Crippen LogP contribution >= 0.6 is 12.2 Å². The number of hydrogen-bond donors (Lipinski definition) is 1. The summed E-state index contributed by atoms with van der Waals surface area (Å²) in [5.41, 5.74) is 3.66. The normalized spacial score (nSPS) is 17.9. The van der Waals surface area contributed by atoms with Gasteiger partial charge in [-0.3, -0.25) is 0 Å². The van der Waals surface area contributed by atoms with Crippen LogP contribution in [0.25, 0.3) is 11.2 Å². The SMILES string of the molecule is Cc1cnc2c(c1)[nH]c(=S)n2CC1(CC(C)C)CCCC1. The maximum Gasteiger partial charge on any atom is 0.179 e. The largest absolute Gasteiger partial charge is 0.329 e. The molecule has 2 aromatic heterocycles. The molecule has 0 unspecified atom stereocenters. The fraction of sp³-hybridized carbons (Fsp3) is 0.647. The second-order valence-corrected chi connectivity index (χ2v) is 7.59. The Labute approximate surface area is 131 Å². The highest BCUT2D eigenvalue weighted by Gasteiger charge is 2.35. The third kappa shape index (κ3) is 2.91. The van der Waals surface area contributed by atoms with Crippen molar-refractivity contribution in [3.05, 3.63) is 22.6 Å². The minimum absolute atomic E-state index is 0.411.